The first-order valence-corrected chi connectivity index (χ1v) is 6.82. The fraction of sp³-hybridized carbons (Fsp3) is 0.154. The molecule has 10 heteroatoms. The number of hydrogen-bond donors (Lipinski definition) is 1. The number of amides is 2. The van der Waals surface area contributed by atoms with E-state index in [1.165, 1.54) is 25.1 Å². The van der Waals surface area contributed by atoms with Crippen molar-refractivity contribution in [3.8, 4) is 0 Å². The number of anilines is 2. The maximum absolute atomic E-state index is 12.9. The minimum absolute atomic E-state index is 0.0155. The predicted molar refractivity (Wildman–Crippen MR) is 80.0 cm³/mol. The summed E-state index contributed by atoms with van der Waals surface area (Å²) in [5, 5.41) is 0.338. The second-order valence-electron chi connectivity index (χ2n) is 4.49. The van der Waals surface area contributed by atoms with Gasteiger partial charge in [-0.3, -0.25) is 0 Å². The molecular weight excluding hydrogens is 356 g/mol. The number of nitrogens with zero attached hydrogens (tertiary/aromatic N) is 3. The van der Waals surface area contributed by atoms with Crippen LogP contribution in [0, 0.1) is 6.92 Å². The average Bonchev–Trinajstić information content (AvgIpc) is 2.35. The summed E-state index contributed by atoms with van der Waals surface area (Å²) in [5.41, 5.74) is 4.12. The molecule has 1 aromatic carbocycles. The van der Waals surface area contributed by atoms with Crippen molar-refractivity contribution in [3.05, 3.63) is 45.7 Å². The van der Waals surface area contributed by atoms with Gasteiger partial charge in [-0.25, -0.2) is 19.7 Å². The quantitative estimate of drug-likeness (QED) is 0.861. The number of hydrogen-bond acceptors (Lipinski definition) is 3. The summed E-state index contributed by atoms with van der Waals surface area (Å²) in [6, 6.07) is 3.67. The largest absolute Gasteiger partial charge is 0.433 e. The summed E-state index contributed by atoms with van der Waals surface area (Å²) in [7, 11) is 0. The lowest BCUT2D eigenvalue weighted by Crippen LogP contribution is -2.33. The van der Waals surface area contributed by atoms with Gasteiger partial charge in [0.25, 0.3) is 0 Å². The summed E-state index contributed by atoms with van der Waals surface area (Å²) < 4.78 is 38.6. The molecule has 0 aliphatic rings. The van der Waals surface area contributed by atoms with E-state index in [2.05, 4.69) is 9.97 Å². The lowest BCUT2D eigenvalue weighted by atomic mass is 10.3. The SMILES string of the molecule is Cc1cc(C(F)(F)F)nc(N(C(N)=O)c2cc(Cl)cc(Cl)c2)n1. The number of rotatable bonds is 2. The number of carbonyl (C=O) groups excluding carboxylic acids is 1. The lowest BCUT2D eigenvalue weighted by molar-refractivity contribution is -0.141. The molecule has 2 aromatic rings. The van der Waals surface area contributed by atoms with Crippen LogP contribution in [0.2, 0.25) is 10.0 Å². The third-order valence-electron chi connectivity index (χ3n) is 2.66. The molecule has 23 heavy (non-hydrogen) atoms. The first kappa shape index (κ1) is 17.3. The van der Waals surface area contributed by atoms with Gasteiger partial charge in [0, 0.05) is 15.7 Å². The van der Waals surface area contributed by atoms with Gasteiger partial charge < -0.3 is 5.73 Å². The van der Waals surface area contributed by atoms with Crippen LogP contribution in [0.15, 0.2) is 24.3 Å². The molecule has 0 saturated heterocycles. The molecule has 1 aromatic heterocycles. The van der Waals surface area contributed by atoms with Gasteiger partial charge in [-0.1, -0.05) is 23.2 Å². The van der Waals surface area contributed by atoms with Crippen molar-refractivity contribution in [1.29, 1.82) is 0 Å². The van der Waals surface area contributed by atoms with Crippen molar-refractivity contribution in [3.63, 3.8) is 0 Å². The third-order valence-corrected chi connectivity index (χ3v) is 3.10. The molecule has 0 unspecified atom stereocenters. The maximum atomic E-state index is 12.9. The Labute approximate surface area is 138 Å². The summed E-state index contributed by atoms with van der Waals surface area (Å²) in [6.07, 6.45) is -4.70. The Kier molecular flexibility index (Phi) is 4.67. The minimum atomic E-state index is -4.70. The van der Waals surface area contributed by atoms with Crippen LogP contribution in [0.25, 0.3) is 0 Å². The molecule has 2 N–H and O–H groups in total. The minimum Gasteiger partial charge on any atom is -0.351 e. The van der Waals surface area contributed by atoms with Crippen LogP contribution >= 0.6 is 23.2 Å². The van der Waals surface area contributed by atoms with Crippen molar-refractivity contribution < 1.29 is 18.0 Å². The van der Waals surface area contributed by atoms with Crippen LogP contribution in [0.1, 0.15) is 11.4 Å². The Morgan fingerprint density at radius 2 is 1.70 bits per heavy atom. The van der Waals surface area contributed by atoms with Crippen LogP contribution in [-0.4, -0.2) is 16.0 Å². The molecule has 0 radical (unpaired) electrons. The Bertz CT molecular complexity index is 747. The molecule has 2 rings (SSSR count). The number of carbonyl (C=O) groups is 1. The first-order valence-electron chi connectivity index (χ1n) is 6.06. The van der Waals surface area contributed by atoms with Gasteiger partial charge in [0.1, 0.15) is 5.69 Å². The summed E-state index contributed by atoms with van der Waals surface area (Å²) in [5.74, 6) is -0.525. The number of alkyl halides is 3. The van der Waals surface area contributed by atoms with E-state index in [-0.39, 0.29) is 21.4 Å². The van der Waals surface area contributed by atoms with E-state index in [1.54, 1.807) is 0 Å². The van der Waals surface area contributed by atoms with Gasteiger partial charge in [-0.15, -0.1) is 0 Å². The molecule has 0 spiro atoms. The first-order chi connectivity index (χ1) is 10.6. The molecule has 5 nitrogen and oxygen atoms in total. The molecular formula is C13H9Cl2F3N4O. The van der Waals surface area contributed by atoms with Crippen LogP contribution in [0.4, 0.5) is 29.6 Å². The monoisotopic (exact) mass is 364 g/mol. The van der Waals surface area contributed by atoms with Crippen molar-refractivity contribution in [2.24, 2.45) is 5.73 Å². The highest BCUT2D eigenvalue weighted by atomic mass is 35.5. The molecule has 0 atom stereocenters. The van der Waals surface area contributed by atoms with Gasteiger partial charge in [0.15, 0.2) is 0 Å². The topological polar surface area (TPSA) is 72.1 Å². The number of urea groups is 1. The third kappa shape index (κ3) is 4.02. The molecule has 122 valence electrons. The summed E-state index contributed by atoms with van der Waals surface area (Å²) in [6.45, 7) is 1.34. The zero-order valence-electron chi connectivity index (χ0n) is 11.5. The molecule has 0 fully saturated rings. The van der Waals surface area contributed by atoms with E-state index in [0.717, 1.165) is 6.07 Å². The highest BCUT2D eigenvalue weighted by molar-refractivity contribution is 6.35. The van der Waals surface area contributed by atoms with Gasteiger partial charge in [-0.05, 0) is 31.2 Å². The van der Waals surface area contributed by atoms with Crippen molar-refractivity contribution in [2.75, 3.05) is 4.90 Å². The average molecular weight is 365 g/mol. The zero-order valence-corrected chi connectivity index (χ0v) is 13.0. The molecule has 2 amide bonds. The van der Waals surface area contributed by atoms with Crippen LogP contribution < -0.4 is 10.6 Å². The maximum Gasteiger partial charge on any atom is 0.433 e. The van der Waals surface area contributed by atoms with E-state index in [0.29, 0.717) is 4.90 Å². The number of halogens is 5. The zero-order chi connectivity index (χ0) is 17.4. The van der Waals surface area contributed by atoms with Crippen molar-refractivity contribution in [1.82, 2.24) is 9.97 Å². The predicted octanol–water partition coefficient (Wildman–Crippen LogP) is 4.33. The molecule has 0 bridgehead atoms. The van der Waals surface area contributed by atoms with Gasteiger partial charge in [-0.2, -0.15) is 13.2 Å². The van der Waals surface area contributed by atoms with E-state index < -0.39 is 23.8 Å². The number of nitrogens with two attached hydrogens (primary N) is 1. The van der Waals surface area contributed by atoms with E-state index in [1.807, 2.05) is 0 Å². The molecule has 0 saturated carbocycles. The summed E-state index contributed by atoms with van der Waals surface area (Å²) in [4.78, 5) is 19.6. The normalized spacial score (nSPS) is 11.4. The number of aromatic nitrogens is 2. The fourth-order valence-electron chi connectivity index (χ4n) is 1.81. The molecule has 0 aliphatic heterocycles. The van der Waals surface area contributed by atoms with Crippen molar-refractivity contribution in [2.45, 2.75) is 13.1 Å². The van der Waals surface area contributed by atoms with Crippen LogP contribution in [0.3, 0.4) is 0 Å². The Balaban J connectivity index is 2.63. The fourth-order valence-corrected chi connectivity index (χ4v) is 2.32. The van der Waals surface area contributed by atoms with Gasteiger partial charge in [0.05, 0.1) is 5.69 Å². The highest BCUT2D eigenvalue weighted by Gasteiger charge is 2.34. The second-order valence-corrected chi connectivity index (χ2v) is 5.37. The van der Waals surface area contributed by atoms with Gasteiger partial charge in [0.2, 0.25) is 5.95 Å². The number of benzene rings is 1. The van der Waals surface area contributed by atoms with Gasteiger partial charge >= 0.3 is 12.2 Å². The Morgan fingerprint density at radius 1 is 1.13 bits per heavy atom. The van der Waals surface area contributed by atoms with Crippen LogP contribution in [0.5, 0.6) is 0 Å². The molecule has 1 heterocycles. The van der Waals surface area contributed by atoms with Crippen LogP contribution in [-0.2, 0) is 6.18 Å². The lowest BCUT2D eigenvalue weighted by Gasteiger charge is -2.20. The Morgan fingerprint density at radius 3 is 2.17 bits per heavy atom. The standard InChI is InChI=1S/C13H9Cl2F3N4O/c1-6-2-10(13(16,17)18)21-12(20-6)22(11(19)23)9-4-7(14)3-8(15)5-9/h2-5H,1H3,(H2,19,23). The highest BCUT2D eigenvalue weighted by Crippen LogP contribution is 2.32. The molecule has 0 aliphatic carbocycles. The second kappa shape index (κ2) is 6.21. The number of primary amides is 1. The van der Waals surface area contributed by atoms with E-state index in [9.17, 15) is 18.0 Å². The Hall–Kier alpha value is -2.06. The van der Waals surface area contributed by atoms with E-state index >= 15 is 0 Å². The van der Waals surface area contributed by atoms with Crippen molar-refractivity contribution >= 4 is 40.9 Å². The summed E-state index contributed by atoms with van der Waals surface area (Å²) >= 11 is 11.7. The number of aryl methyl sites for hydroxylation is 1. The smallest absolute Gasteiger partial charge is 0.351 e. The van der Waals surface area contributed by atoms with E-state index in [4.69, 9.17) is 28.9 Å².